The molecule has 6 heteroatoms. The fraction of sp³-hybridized carbons (Fsp3) is 0.190. The number of esters is 1. The van der Waals surface area contributed by atoms with Crippen LogP contribution in [0.15, 0.2) is 66.7 Å². The standard InChI is InChI=1S/C21H22N2O4/c1-16(22-19(24)14-13-17-9-5-3-6-10-17)21(26)27-15-20(25)23(2)18-11-7-4-8-12-18/h3-14,16H,15H2,1-2H3,(H,22,24)/b14-13+/t16-/m0/s1. The number of para-hydroxylation sites is 1. The molecule has 0 aliphatic carbocycles. The minimum Gasteiger partial charge on any atom is -0.454 e. The van der Waals surface area contributed by atoms with Gasteiger partial charge in [0, 0.05) is 18.8 Å². The molecule has 0 saturated heterocycles. The zero-order valence-corrected chi connectivity index (χ0v) is 15.3. The first kappa shape index (κ1) is 19.9. The van der Waals surface area contributed by atoms with Gasteiger partial charge in [-0.25, -0.2) is 4.79 Å². The molecule has 0 aliphatic rings. The van der Waals surface area contributed by atoms with E-state index in [1.807, 2.05) is 48.5 Å². The number of hydrogen-bond donors (Lipinski definition) is 1. The third-order valence-electron chi connectivity index (χ3n) is 3.79. The van der Waals surface area contributed by atoms with E-state index in [-0.39, 0.29) is 5.91 Å². The van der Waals surface area contributed by atoms with Crippen LogP contribution in [0.5, 0.6) is 0 Å². The van der Waals surface area contributed by atoms with Gasteiger partial charge in [-0.2, -0.15) is 0 Å². The number of amides is 2. The topological polar surface area (TPSA) is 75.7 Å². The van der Waals surface area contributed by atoms with E-state index in [4.69, 9.17) is 4.74 Å². The Bertz CT molecular complexity index is 803. The Balaban J connectivity index is 1.78. The number of hydrogen-bond acceptors (Lipinski definition) is 4. The highest BCUT2D eigenvalue weighted by Gasteiger charge is 2.19. The van der Waals surface area contributed by atoms with E-state index in [0.717, 1.165) is 5.56 Å². The van der Waals surface area contributed by atoms with Gasteiger partial charge in [-0.05, 0) is 30.7 Å². The first-order valence-electron chi connectivity index (χ1n) is 8.49. The van der Waals surface area contributed by atoms with Gasteiger partial charge in [0.15, 0.2) is 6.61 Å². The highest BCUT2D eigenvalue weighted by Crippen LogP contribution is 2.11. The molecule has 0 bridgehead atoms. The summed E-state index contributed by atoms with van der Waals surface area (Å²) in [6, 6.07) is 17.5. The lowest BCUT2D eigenvalue weighted by atomic mass is 10.2. The lowest BCUT2D eigenvalue weighted by molar-refractivity contribution is -0.150. The number of nitrogens with zero attached hydrogens (tertiary/aromatic N) is 1. The van der Waals surface area contributed by atoms with Crippen molar-refractivity contribution in [2.45, 2.75) is 13.0 Å². The Morgan fingerprint density at radius 1 is 1.04 bits per heavy atom. The molecule has 0 unspecified atom stereocenters. The minimum absolute atomic E-state index is 0.364. The molecule has 1 atom stereocenters. The number of benzene rings is 2. The zero-order chi connectivity index (χ0) is 19.6. The summed E-state index contributed by atoms with van der Waals surface area (Å²) in [7, 11) is 1.60. The van der Waals surface area contributed by atoms with Crippen LogP contribution in [0.3, 0.4) is 0 Å². The van der Waals surface area contributed by atoms with Crippen molar-refractivity contribution in [2.75, 3.05) is 18.6 Å². The van der Waals surface area contributed by atoms with Crippen molar-refractivity contribution in [2.24, 2.45) is 0 Å². The van der Waals surface area contributed by atoms with E-state index in [9.17, 15) is 14.4 Å². The van der Waals surface area contributed by atoms with Crippen molar-refractivity contribution < 1.29 is 19.1 Å². The molecule has 6 nitrogen and oxygen atoms in total. The summed E-state index contributed by atoms with van der Waals surface area (Å²) in [5.74, 6) is -1.46. The molecule has 27 heavy (non-hydrogen) atoms. The van der Waals surface area contributed by atoms with Crippen LogP contribution in [0.1, 0.15) is 12.5 Å². The maximum atomic E-state index is 12.1. The monoisotopic (exact) mass is 366 g/mol. The van der Waals surface area contributed by atoms with Gasteiger partial charge in [0.2, 0.25) is 5.91 Å². The predicted molar refractivity (Wildman–Crippen MR) is 104 cm³/mol. The third-order valence-corrected chi connectivity index (χ3v) is 3.79. The lowest BCUT2D eigenvalue weighted by Crippen LogP contribution is -2.40. The van der Waals surface area contributed by atoms with Crippen molar-refractivity contribution in [3.05, 3.63) is 72.3 Å². The van der Waals surface area contributed by atoms with E-state index < -0.39 is 24.5 Å². The summed E-state index contributed by atoms with van der Waals surface area (Å²) >= 11 is 0. The van der Waals surface area contributed by atoms with Gasteiger partial charge < -0.3 is 15.0 Å². The SMILES string of the molecule is C[C@H](NC(=O)/C=C/c1ccccc1)C(=O)OCC(=O)N(C)c1ccccc1. The number of nitrogens with one attached hydrogen (secondary N) is 1. The van der Waals surface area contributed by atoms with Gasteiger partial charge >= 0.3 is 5.97 Å². The second-order valence-corrected chi connectivity index (χ2v) is 5.87. The summed E-state index contributed by atoms with van der Waals surface area (Å²) in [4.78, 5) is 37.4. The molecule has 0 saturated carbocycles. The fourth-order valence-corrected chi connectivity index (χ4v) is 2.21. The number of carbonyl (C=O) groups excluding carboxylic acids is 3. The number of anilines is 1. The lowest BCUT2D eigenvalue weighted by Gasteiger charge is -2.18. The maximum Gasteiger partial charge on any atom is 0.328 e. The van der Waals surface area contributed by atoms with Crippen LogP contribution in [0.2, 0.25) is 0 Å². The second kappa shape index (κ2) is 9.91. The highest BCUT2D eigenvalue weighted by molar-refractivity contribution is 5.96. The molecule has 0 heterocycles. The summed E-state index contributed by atoms with van der Waals surface area (Å²) in [5.41, 5.74) is 1.57. The number of carbonyl (C=O) groups is 3. The van der Waals surface area contributed by atoms with Gasteiger partial charge in [-0.15, -0.1) is 0 Å². The normalized spacial score (nSPS) is 11.6. The smallest absolute Gasteiger partial charge is 0.328 e. The first-order valence-corrected chi connectivity index (χ1v) is 8.49. The quantitative estimate of drug-likeness (QED) is 0.603. The summed E-state index contributed by atoms with van der Waals surface area (Å²) in [6.07, 6.45) is 2.99. The molecular weight excluding hydrogens is 344 g/mol. The fourth-order valence-electron chi connectivity index (χ4n) is 2.21. The molecule has 0 fully saturated rings. The average Bonchev–Trinajstić information content (AvgIpc) is 2.71. The van der Waals surface area contributed by atoms with E-state index >= 15 is 0 Å². The Morgan fingerprint density at radius 2 is 1.63 bits per heavy atom. The van der Waals surface area contributed by atoms with E-state index in [2.05, 4.69) is 5.32 Å². The molecule has 0 spiro atoms. The first-order chi connectivity index (χ1) is 13.0. The van der Waals surface area contributed by atoms with Crippen molar-refractivity contribution in [3.63, 3.8) is 0 Å². The molecular formula is C21H22N2O4. The van der Waals surface area contributed by atoms with Gasteiger partial charge in [-0.1, -0.05) is 48.5 Å². The van der Waals surface area contributed by atoms with E-state index in [1.165, 1.54) is 17.9 Å². The zero-order valence-electron chi connectivity index (χ0n) is 15.3. The Kier molecular flexibility index (Phi) is 7.31. The minimum atomic E-state index is -0.868. The molecule has 0 aliphatic heterocycles. The Hall–Kier alpha value is -3.41. The summed E-state index contributed by atoms with van der Waals surface area (Å²) in [6.45, 7) is 1.10. The average molecular weight is 366 g/mol. The molecule has 1 N–H and O–H groups in total. The molecule has 0 radical (unpaired) electrons. The summed E-state index contributed by atoms with van der Waals surface area (Å²) < 4.78 is 5.00. The van der Waals surface area contributed by atoms with Crippen molar-refractivity contribution in [1.82, 2.24) is 5.32 Å². The predicted octanol–water partition coefficient (Wildman–Crippen LogP) is 2.41. The van der Waals surface area contributed by atoms with Crippen LogP contribution >= 0.6 is 0 Å². The van der Waals surface area contributed by atoms with Gasteiger partial charge in [0.05, 0.1) is 0 Å². The van der Waals surface area contributed by atoms with E-state index in [0.29, 0.717) is 5.69 Å². The Labute approximate surface area is 158 Å². The van der Waals surface area contributed by atoms with Crippen LogP contribution < -0.4 is 10.2 Å². The van der Waals surface area contributed by atoms with Crippen molar-refractivity contribution >= 4 is 29.5 Å². The van der Waals surface area contributed by atoms with Crippen LogP contribution in [0, 0.1) is 0 Å². The van der Waals surface area contributed by atoms with E-state index in [1.54, 1.807) is 25.3 Å². The molecule has 2 rings (SSSR count). The number of rotatable bonds is 7. The molecule has 0 aromatic heterocycles. The summed E-state index contributed by atoms with van der Waals surface area (Å²) in [5, 5.41) is 2.51. The van der Waals surface area contributed by atoms with Gasteiger partial charge in [0.1, 0.15) is 6.04 Å². The highest BCUT2D eigenvalue weighted by atomic mass is 16.5. The molecule has 2 aromatic rings. The van der Waals surface area contributed by atoms with Crippen molar-refractivity contribution in [3.8, 4) is 0 Å². The third kappa shape index (κ3) is 6.43. The van der Waals surface area contributed by atoms with Crippen molar-refractivity contribution in [1.29, 1.82) is 0 Å². The van der Waals surface area contributed by atoms with Crippen LogP contribution in [-0.2, 0) is 19.1 Å². The second-order valence-electron chi connectivity index (χ2n) is 5.87. The molecule has 2 aromatic carbocycles. The largest absolute Gasteiger partial charge is 0.454 e. The van der Waals surface area contributed by atoms with Crippen LogP contribution in [-0.4, -0.2) is 37.5 Å². The number of ether oxygens (including phenoxy) is 1. The maximum absolute atomic E-state index is 12.1. The van der Waals surface area contributed by atoms with Gasteiger partial charge in [0.25, 0.3) is 5.91 Å². The molecule has 2 amide bonds. The number of likely N-dealkylation sites (N-methyl/N-ethyl adjacent to an activating group) is 1. The van der Waals surface area contributed by atoms with Crippen LogP contribution in [0.4, 0.5) is 5.69 Å². The van der Waals surface area contributed by atoms with Gasteiger partial charge in [-0.3, -0.25) is 9.59 Å². The Morgan fingerprint density at radius 3 is 2.26 bits per heavy atom. The molecule has 140 valence electrons. The van der Waals surface area contributed by atoms with Crippen LogP contribution in [0.25, 0.3) is 6.08 Å².